The number of ether oxygens (including phenoxy) is 2. The molecule has 2 aromatic heterocycles. The Balaban J connectivity index is 1.93. The van der Waals surface area contributed by atoms with Crippen LogP contribution in [0.5, 0.6) is 0 Å². The third-order valence-electron chi connectivity index (χ3n) is 4.32. The zero-order valence-electron chi connectivity index (χ0n) is 16.2. The Labute approximate surface area is 164 Å². The summed E-state index contributed by atoms with van der Waals surface area (Å²) in [7, 11) is 0. The minimum atomic E-state index is -0.613. The van der Waals surface area contributed by atoms with Crippen LogP contribution in [0.2, 0.25) is 5.15 Å². The van der Waals surface area contributed by atoms with Crippen LogP contribution in [-0.4, -0.2) is 70.1 Å². The van der Waals surface area contributed by atoms with Crippen molar-refractivity contribution in [1.29, 1.82) is 0 Å². The molecule has 0 saturated carbocycles. The van der Waals surface area contributed by atoms with E-state index in [9.17, 15) is 4.79 Å². The van der Waals surface area contributed by atoms with Crippen LogP contribution in [-0.2, 0) is 9.47 Å². The van der Waals surface area contributed by atoms with Crippen LogP contribution in [0.4, 0.5) is 10.6 Å². The number of hydrogen-bond acceptors (Lipinski definition) is 6. The summed E-state index contributed by atoms with van der Waals surface area (Å²) in [6.45, 7) is 11.1. The van der Waals surface area contributed by atoms with Gasteiger partial charge in [0.25, 0.3) is 0 Å². The molecule has 27 heavy (non-hydrogen) atoms. The number of carbonyl (C=O) groups is 1. The molecule has 148 valence electrons. The van der Waals surface area contributed by atoms with E-state index in [4.69, 9.17) is 21.1 Å². The van der Waals surface area contributed by atoms with Gasteiger partial charge in [-0.15, -0.1) is 0 Å². The average molecular weight is 396 g/mol. The quantitative estimate of drug-likeness (QED) is 0.741. The van der Waals surface area contributed by atoms with Crippen molar-refractivity contribution in [2.24, 2.45) is 0 Å². The van der Waals surface area contributed by atoms with Gasteiger partial charge < -0.3 is 9.47 Å². The average Bonchev–Trinajstić information content (AvgIpc) is 3.06. The number of hydrogen-bond donors (Lipinski definition) is 0. The molecular weight excluding hydrogens is 370 g/mol. The molecule has 8 nitrogen and oxygen atoms in total. The van der Waals surface area contributed by atoms with Gasteiger partial charge in [0.2, 0.25) is 0 Å². The Morgan fingerprint density at radius 1 is 1.41 bits per heavy atom. The van der Waals surface area contributed by atoms with Gasteiger partial charge in [0, 0.05) is 37.8 Å². The van der Waals surface area contributed by atoms with Crippen molar-refractivity contribution in [2.75, 3.05) is 37.7 Å². The van der Waals surface area contributed by atoms with Crippen molar-refractivity contribution in [3.63, 3.8) is 0 Å². The third kappa shape index (κ3) is 4.88. The number of rotatable bonds is 4. The van der Waals surface area contributed by atoms with Crippen molar-refractivity contribution < 1.29 is 14.3 Å². The smallest absolute Gasteiger partial charge is 0.416 e. The van der Waals surface area contributed by atoms with Gasteiger partial charge in [-0.3, -0.25) is 9.80 Å². The molecular formula is C18H26ClN5O3. The molecule has 3 heterocycles. The van der Waals surface area contributed by atoms with Gasteiger partial charge in [0.05, 0.1) is 19.4 Å². The molecule has 0 radical (unpaired) electrons. The first kappa shape index (κ1) is 19.9. The number of carbonyl (C=O) groups excluding carboxylic acids is 1. The highest BCUT2D eigenvalue weighted by Crippen LogP contribution is 2.23. The zero-order valence-corrected chi connectivity index (χ0v) is 16.9. The van der Waals surface area contributed by atoms with E-state index in [1.165, 1.54) is 0 Å². The number of fused-ring (bicyclic) bond motifs is 1. The summed E-state index contributed by atoms with van der Waals surface area (Å²) in [4.78, 5) is 21.1. The van der Waals surface area contributed by atoms with Crippen molar-refractivity contribution >= 4 is 29.2 Å². The Kier molecular flexibility index (Phi) is 5.88. The SMILES string of the molecule is CC(CN(C(=O)OC(C)(C)C)c1cc(Cl)nc2ccnn12)N1CCOCC1. The normalized spacial score (nSPS) is 17.1. The molecule has 1 aliphatic heterocycles. The molecule has 9 heteroatoms. The molecule has 0 spiro atoms. The lowest BCUT2D eigenvalue weighted by Gasteiger charge is -2.36. The van der Waals surface area contributed by atoms with E-state index < -0.39 is 11.7 Å². The van der Waals surface area contributed by atoms with Crippen LogP contribution in [0.25, 0.3) is 5.65 Å². The zero-order chi connectivity index (χ0) is 19.6. The van der Waals surface area contributed by atoms with Crippen molar-refractivity contribution in [2.45, 2.75) is 39.3 Å². The fourth-order valence-electron chi connectivity index (χ4n) is 3.04. The van der Waals surface area contributed by atoms with Gasteiger partial charge in [-0.25, -0.2) is 9.78 Å². The highest BCUT2D eigenvalue weighted by molar-refractivity contribution is 6.29. The van der Waals surface area contributed by atoms with Crippen LogP contribution in [0.1, 0.15) is 27.7 Å². The van der Waals surface area contributed by atoms with Crippen LogP contribution >= 0.6 is 11.6 Å². The fourth-order valence-corrected chi connectivity index (χ4v) is 3.22. The van der Waals surface area contributed by atoms with E-state index in [-0.39, 0.29) is 6.04 Å². The van der Waals surface area contributed by atoms with Gasteiger partial charge in [-0.1, -0.05) is 11.6 Å². The largest absolute Gasteiger partial charge is 0.443 e. The number of morpholine rings is 1. The third-order valence-corrected chi connectivity index (χ3v) is 4.51. The van der Waals surface area contributed by atoms with E-state index in [0.29, 0.717) is 36.4 Å². The molecule has 1 amide bonds. The summed E-state index contributed by atoms with van der Waals surface area (Å²) < 4.78 is 12.7. The molecule has 0 aliphatic carbocycles. The number of amides is 1. The Hall–Kier alpha value is -1.90. The summed E-state index contributed by atoms with van der Waals surface area (Å²) in [5, 5.41) is 4.59. The van der Waals surface area contributed by atoms with Gasteiger partial charge in [0.1, 0.15) is 16.6 Å². The lowest BCUT2D eigenvalue weighted by Crippen LogP contribution is -2.50. The molecule has 1 aliphatic rings. The Bertz CT molecular complexity index is 798. The maximum absolute atomic E-state index is 13.0. The van der Waals surface area contributed by atoms with Crippen molar-refractivity contribution in [3.8, 4) is 0 Å². The van der Waals surface area contributed by atoms with E-state index in [1.54, 1.807) is 27.7 Å². The fraction of sp³-hybridized carbons (Fsp3) is 0.611. The van der Waals surface area contributed by atoms with Gasteiger partial charge in [-0.05, 0) is 27.7 Å². The topological polar surface area (TPSA) is 72.2 Å². The maximum atomic E-state index is 13.0. The molecule has 1 saturated heterocycles. The molecule has 3 rings (SSSR count). The van der Waals surface area contributed by atoms with Gasteiger partial charge in [-0.2, -0.15) is 9.61 Å². The summed E-state index contributed by atoms with van der Waals surface area (Å²) in [5.41, 5.74) is -0.0393. The monoisotopic (exact) mass is 395 g/mol. The molecule has 0 bridgehead atoms. The lowest BCUT2D eigenvalue weighted by molar-refractivity contribution is 0.0202. The minimum absolute atomic E-state index is 0.110. The van der Waals surface area contributed by atoms with Crippen LogP contribution in [0.15, 0.2) is 18.3 Å². The Morgan fingerprint density at radius 2 is 2.11 bits per heavy atom. The first-order chi connectivity index (χ1) is 12.7. The Morgan fingerprint density at radius 3 is 2.78 bits per heavy atom. The second-order valence-electron chi connectivity index (χ2n) is 7.63. The summed E-state index contributed by atoms with van der Waals surface area (Å²) in [6.07, 6.45) is 1.18. The standard InChI is InChI=1S/C18H26ClN5O3/c1-13(22-7-9-26-10-8-22)12-23(17(25)27-18(2,3)4)16-11-14(19)21-15-5-6-20-24(15)16/h5-6,11,13H,7-10,12H2,1-4H3. The number of halogens is 1. The van der Waals surface area contributed by atoms with Crippen LogP contribution < -0.4 is 4.90 Å². The summed E-state index contributed by atoms with van der Waals surface area (Å²) in [6, 6.07) is 3.49. The predicted octanol–water partition coefficient (Wildman–Crippen LogP) is 2.84. The minimum Gasteiger partial charge on any atom is -0.443 e. The predicted molar refractivity (Wildman–Crippen MR) is 103 cm³/mol. The molecule has 0 aromatic carbocycles. The van der Waals surface area contributed by atoms with Gasteiger partial charge >= 0.3 is 6.09 Å². The molecule has 0 N–H and O–H groups in total. The highest BCUT2D eigenvalue weighted by atomic mass is 35.5. The van der Waals surface area contributed by atoms with Crippen LogP contribution in [0, 0.1) is 0 Å². The number of aromatic nitrogens is 3. The second kappa shape index (κ2) is 8.00. The lowest BCUT2D eigenvalue weighted by atomic mass is 10.2. The van der Waals surface area contributed by atoms with E-state index in [0.717, 1.165) is 13.1 Å². The van der Waals surface area contributed by atoms with Crippen molar-refractivity contribution in [3.05, 3.63) is 23.5 Å². The maximum Gasteiger partial charge on any atom is 0.416 e. The van der Waals surface area contributed by atoms with Crippen molar-refractivity contribution in [1.82, 2.24) is 19.5 Å². The molecule has 2 aromatic rings. The van der Waals surface area contributed by atoms with Crippen LogP contribution in [0.3, 0.4) is 0 Å². The van der Waals surface area contributed by atoms with E-state index in [2.05, 4.69) is 21.9 Å². The number of nitrogens with zero attached hydrogens (tertiary/aromatic N) is 5. The first-order valence-corrected chi connectivity index (χ1v) is 9.45. The second-order valence-corrected chi connectivity index (χ2v) is 8.01. The van der Waals surface area contributed by atoms with Gasteiger partial charge in [0.15, 0.2) is 5.65 Å². The first-order valence-electron chi connectivity index (χ1n) is 9.07. The van der Waals surface area contributed by atoms with E-state index in [1.807, 2.05) is 20.8 Å². The van der Waals surface area contributed by atoms with E-state index >= 15 is 0 Å². The summed E-state index contributed by atoms with van der Waals surface area (Å²) >= 11 is 6.19. The number of anilines is 1. The highest BCUT2D eigenvalue weighted by Gasteiger charge is 2.29. The summed E-state index contributed by atoms with van der Waals surface area (Å²) in [5.74, 6) is 0.532. The molecule has 1 atom stereocenters. The molecule has 1 fully saturated rings. The molecule has 1 unspecified atom stereocenters.